The number of fused-ring (bicyclic) bond motifs is 13. The molecule has 1 spiro atoms. The Kier molecular flexibility index (Phi) is 7.49. The standard InChI is InChI=1S/C58H35N3O/c1-2-13-39(14-3-1)55-59-56(61-57(60-55)46-19-12-24-53-54(46)45-18-7-11-23-52(45)62-53)40-31-29-37(30-32-40)36-25-27-38(28-26-36)41-33-34-51-47(35-41)44-17-6-10-22-50(44)58(51)48-20-8-4-15-42(48)43-16-5-9-21-49(43)58/h1-35H. The maximum atomic E-state index is 6.23. The molecule has 0 unspecified atom stereocenters. The fraction of sp³-hybridized carbons (Fsp3) is 0.0172. The number of furan rings is 1. The van der Waals surface area contributed by atoms with Crippen molar-refractivity contribution in [3.63, 3.8) is 0 Å². The summed E-state index contributed by atoms with van der Waals surface area (Å²) in [6, 6.07) is 75.7. The molecule has 0 aliphatic heterocycles. The Hall–Kier alpha value is -8.21. The maximum Gasteiger partial charge on any atom is 0.164 e. The van der Waals surface area contributed by atoms with Gasteiger partial charge in [-0.3, -0.25) is 0 Å². The summed E-state index contributed by atoms with van der Waals surface area (Å²) in [5.74, 6) is 1.84. The van der Waals surface area contributed by atoms with E-state index in [2.05, 4.69) is 152 Å². The van der Waals surface area contributed by atoms with Gasteiger partial charge in [0, 0.05) is 27.5 Å². The van der Waals surface area contributed by atoms with Crippen molar-refractivity contribution in [3.05, 3.63) is 235 Å². The summed E-state index contributed by atoms with van der Waals surface area (Å²) < 4.78 is 6.23. The minimum Gasteiger partial charge on any atom is -0.456 e. The van der Waals surface area contributed by atoms with Gasteiger partial charge in [-0.2, -0.15) is 0 Å². The smallest absolute Gasteiger partial charge is 0.164 e. The molecule has 4 heteroatoms. The van der Waals surface area contributed by atoms with Gasteiger partial charge in [0.05, 0.1) is 5.41 Å². The topological polar surface area (TPSA) is 51.8 Å². The lowest BCUT2D eigenvalue weighted by Crippen LogP contribution is -2.25. The Labute approximate surface area is 358 Å². The van der Waals surface area contributed by atoms with E-state index in [-0.39, 0.29) is 5.41 Å². The largest absolute Gasteiger partial charge is 0.456 e. The number of benzene rings is 9. The second kappa shape index (κ2) is 13.4. The Bertz CT molecular complexity index is 3520. The molecule has 288 valence electrons. The van der Waals surface area contributed by atoms with Gasteiger partial charge in [-0.15, -0.1) is 0 Å². The van der Waals surface area contributed by atoms with Gasteiger partial charge in [0.2, 0.25) is 0 Å². The second-order valence-corrected chi connectivity index (χ2v) is 16.3. The molecule has 2 aliphatic carbocycles. The molecule has 11 aromatic rings. The minimum absolute atomic E-state index is 0.331. The van der Waals surface area contributed by atoms with E-state index in [0.717, 1.165) is 49.8 Å². The first kappa shape index (κ1) is 34.6. The van der Waals surface area contributed by atoms with E-state index in [4.69, 9.17) is 19.4 Å². The molecule has 62 heavy (non-hydrogen) atoms. The van der Waals surface area contributed by atoms with Crippen LogP contribution in [0.25, 0.3) is 101 Å². The van der Waals surface area contributed by atoms with E-state index in [1.807, 2.05) is 60.7 Å². The molecule has 0 bridgehead atoms. The first-order valence-electron chi connectivity index (χ1n) is 21.1. The maximum absolute atomic E-state index is 6.23. The molecule has 4 nitrogen and oxygen atoms in total. The van der Waals surface area contributed by atoms with Gasteiger partial charge in [0.1, 0.15) is 11.2 Å². The Balaban J connectivity index is 0.852. The molecule has 0 N–H and O–H groups in total. The van der Waals surface area contributed by atoms with Crippen LogP contribution in [0.1, 0.15) is 22.3 Å². The number of nitrogens with zero attached hydrogens (tertiary/aromatic N) is 3. The highest BCUT2D eigenvalue weighted by Gasteiger charge is 2.51. The third kappa shape index (κ3) is 5.04. The fourth-order valence-corrected chi connectivity index (χ4v) is 10.2. The van der Waals surface area contributed by atoms with E-state index in [0.29, 0.717) is 17.5 Å². The summed E-state index contributed by atoms with van der Waals surface area (Å²) in [6.45, 7) is 0. The lowest BCUT2D eigenvalue weighted by molar-refractivity contribution is 0.669. The van der Waals surface area contributed by atoms with Crippen LogP contribution in [-0.2, 0) is 5.41 Å². The number of rotatable bonds is 5. The molecule has 0 amide bonds. The van der Waals surface area contributed by atoms with Crippen molar-refractivity contribution in [1.29, 1.82) is 0 Å². The van der Waals surface area contributed by atoms with Crippen LogP contribution in [0.3, 0.4) is 0 Å². The molecule has 0 fully saturated rings. The van der Waals surface area contributed by atoms with Crippen LogP contribution in [0.2, 0.25) is 0 Å². The summed E-state index contributed by atoms with van der Waals surface area (Å²) in [4.78, 5) is 15.2. The Morgan fingerprint density at radius 3 is 1.37 bits per heavy atom. The van der Waals surface area contributed by atoms with Crippen molar-refractivity contribution in [2.75, 3.05) is 0 Å². The molecular weight excluding hydrogens is 755 g/mol. The van der Waals surface area contributed by atoms with Crippen molar-refractivity contribution >= 4 is 21.9 Å². The van der Waals surface area contributed by atoms with Gasteiger partial charge in [-0.1, -0.05) is 194 Å². The summed E-state index contributed by atoms with van der Waals surface area (Å²) in [5, 5.41) is 2.03. The summed E-state index contributed by atoms with van der Waals surface area (Å²) in [6.07, 6.45) is 0. The number of hydrogen-bond acceptors (Lipinski definition) is 4. The molecule has 2 aliphatic rings. The van der Waals surface area contributed by atoms with Crippen molar-refractivity contribution < 1.29 is 4.42 Å². The van der Waals surface area contributed by atoms with Gasteiger partial charge in [0.15, 0.2) is 17.5 Å². The zero-order valence-corrected chi connectivity index (χ0v) is 33.5. The van der Waals surface area contributed by atoms with E-state index in [1.165, 1.54) is 55.6 Å². The van der Waals surface area contributed by atoms with Gasteiger partial charge in [-0.25, -0.2) is 15.0 Å². The lowest BCUT2D eigenvalue weighted by atomic mass is 9.70. The van der Waals surface area contributed by atoms with E-state index in [1.54, 1.807) is 0 Å². The SMILES string of the molecule is c1ccc(-c2nc(-c3ccc(-c4ccc(-c5ccc6c(c5)-c5ccccc5C65c6ccccc6-c6ccccc65)cc4)cc3)nc(-c3cccc4oc5ccccc5c34)n2)cc1. The van der Waals surface area contributed by atoms with Gasteiger partial charge >= 0.3 is 0 Å². The second-order valence-electron chi connectivity index (χ2n) is 16.3. The average molecular weight is 790 g/mol. The van der Waals surface area contributed by atoms with Crippen LogP contribution in [0.15, 0.2) is 217 Å². The fourth-order valence-electron chi connectivity index (χ4n) is 10.2. The van der Waals surface area contributed by atoms with Crippen LogP contribution in [0, 0.1) is 0 Å². The summed E-state index contributed by atoms with van der Waals surface area (Å²) in [5.41, 5.74) is 19.4. The van der Waals surface area contributed by atoms with Gasteiger partial charge in [-0.05, 0) is 85.0 Å². The van der Waals surface area contributed by atoms with Crippen LogP contribution in [0.5, 0.6) is 0 Å². The highest BCUT2D eigenvalue weighted by atomic mass is 16.3. The molecule has 0 saturated heterocycles. The molecule has 13 rings (SSSR count). The molecule has 9 aromatic carbocycles. The first-order chi connectivity index (χ1) is 30.7. The number of aromatic nitrogens is 3. The molecule has 0 saturated carbocycles. The third-order valence-corrected chi connectivity index (χ3v) is 13.0. The van der Waals surface area contributed by atoms with E-state index >= 15 is 0 Å². The number of para-hydroxylation sites is 1. The van der Waals surface area contributed by atoms with Crippen molar-refractivity contribution in [2.24, 2.45) is 0 Å². The van der Waals surface area contributed by atoms with Crippen LogP contribution in [0.4, 0.5) is 0 Å². The van der Waals surface area contributed by atoms with Crippen molar-refractivity contribution in [3.8, 4) is 78.7 Å². The predicted molar refractivity (Wildman–Crippen MR) is 251 cm³/mol. The lowest BCUT2D eigenvalue weighted by Gasteiger charge is -2.30. The minimum atomic E-state index is -0.331. The summed E-state index contributed by atoms with van der Waals surface area (Å²) >= 11 is 0. The Morgan fingerprint density at radius 1 is 0.290 bits per heavy atom. The highest BCUT2D eigenvalue weighted by molar-refractivity contribution is 6.11. The van der Waals surface area contributed by atoms with Gasteiger partial charge < -0.3 is 4.42 Å². The molecule has 0 radical (unpaired) electrons. The molecule has 0 atom stereocenters. The highest BCUT2D eigenvalue weighted by Crippen LogP contribution is 2.63. The van der Waals surface area contributed by atoms with E-state index in [9.17, 15) is 0 Å². The van der Waals surface area contributed by atoms with Crippen LogP contribution in [-0.4, -0.2) is 15.0 Å². The zero-order chi connectivity index (χ0) is 40.8. The average Bonchev–Trinajstić information content (AvgIpc) is 3.98. The summed E-state index contributed by atoms with van der Waals surface area (Å²) in [7, 11) is 0. The molecule has 2 heterocycles. The molecular formula is C58H35N3O. The van der Waals surface area contributed by atoms with E-state index < -0.39 is 0 Å². The van der Waals surface area contributed by atoms with Crippen molar-refractivity contribution in [1.82, 2.24) is 15.0 Å². The molecule has 2 aromatic heterocycles. The first-order valence-corrected chi connectivity index (χ1v) is 21.1. The quantitative estimate of drug-likeness (QED) is 0.174. The van der Waals surface area contributed by atoms with Gasteiger partial charge in [0.25, 0.3) is 0 Å². The van der Waals surface area contributed by atoms with Crippen LogP contribution >= 0.6 is 0 Å². The zero-order valence-electron chi connectivity index (χ0n) is 33.5. The third-order valence-electron chi connectivity index (χ3n) is 13.0. The predicted octanol–water partition coefficient (Wildman–Crippen LogP) is 14.4. The Morgan fingerprint density at radius 2 is 0.726 bits per heavy atom. The normalized spacial score (nSPS) is 13.0. The number of hydrogen-bond donors (Lipinski definition) is 0. The van der Waals surface area contributed by atoms with Crippen molar-refractivity contribution in [2.45, 2.75) is 5.41 Å². The van der Waals surface area contributed by atoms with Crippen LogP contribution < -0.4 is 0 Å². The monoisotopic (exact) mass is 789 g/mol.